The fourth-order valence-corrected chi connectivity index (χ4v) is 4.02. The summed E-state index contributed by atoms with van der Waals surface area (Å²) in [6, 6.07) is 23.6. The van der Waals surface area contributed by atoms with Crippen LogP contribution in [0.4, 0.5) is 0 Å². The summed E-state index contributed by atoms with van der Waals surface area (Å²) < 4.78 is 2.54. The van der Waals surface area contributed by atoms with Crippen LogP contribution in [-0.4, -0.2) is 31.3 Å². The molecule has 4 rings (SSSR count). The summed E-state index contributed by atoms with van der Waals surface area (Å²) in [5.41, 5.74) is 2.88. The zero-order chi connectivity index (χ0) is 24.8. The zero-order valence-corrected chi connectivity index (χ0v) is 19.6. The van der Waals surface area contributed by atoms with Gasteiger partial charge in [-0.05, 0) is 34.7 Å². The van der Waals surface area contributed by atoms with Crippen LogP contribution in [0.3, 0.4) is 0 Å². The highest BCUT2D eigenvalue weighted by Crippen LogP contribution is 2.24. The van der Waals surface area contributed by atoms with Crippen LogP contribution in [0.5, 0.6) is 0 Å². The molecule has 178 valence electrons. The molecular formula is C28H27N3O4. The lowest BCUT2D eigenvalue weighted by Crippen LogP contribution is -2.31. The van der Waals surface area contributed by atoms with Crippen LogP contribution in [0, 0.1) is 0 Å². The molecule has 0 aliphatic heterocycles. The molecule has 0 aliphatic rings. The highest BCUT2D eigenvalue weighted by atomic mass is 16.4. The van der Waals surface area contributed by atoms with Crippen molar-refractivity contribution in [3.05, 3.63) is 112 Å². The van der Waals surface area contributed by atoms with Crippen molar-refractivity contribution in [1.29, 1.82) is 0 Å². The van der Waals surface area contributed by atoms with Crippen LogP contribution >= 0.6 is 0 Å². The summed E-state index contributed by atoms with van der Waals surface area (Å²) >= 11 is 0. The number of aryl methyl sites for hydroxylation is 1. The van der Waals surface area contributed by atoms with Gasteiger partial charge in [0, 0.05) is 6.42 Å². The van der Waals surface area contributed by atoms with Gasteiger partial charge in [-0.2, -0.15) is 0 Å². The van der Waals surface area contributed by atoms with Crippen molar-refractivity contribution in [2.75, 3.05) is 0 Å². The Balaban J connectivity index is 1.61. The van der Waals surface area contributed by atoms with Gasteiger partial charge in [-0.1, -0.05) is 86.1 Å². The quantitative estimate of drug-likeness (QED) is 0.384. The first-order valence-corrected chi connectivity index (χ1v) is 11.7. The molecule has 0 amide bonds. The molecule has 0 atom stereocenters. The average molecular weight is 470 g/mol. The van der Waals surface area contributed by atoms with Crippen molar-refractivity contribution in [3.63, 3.8) is 0 Å². The van der Waals surface area contributed by atoms with Gasteiger partial charge >= 0.3 is 11.7 Å². The molecule has 7 nitrogen and oxygen atoms in total. The van der Waals surface area contributed by atoms with Crippen molar-refractivity contribution in [2.45, 2.75) is 39.2 Å². The van der Waals surface area contributed by atoms with Gasteiger partial charge in [0.05, 0.1) is 18.5 Å². The van der Waals surface area contributed by atoms with E-state index in [9.17, 15) is 19.5 Å². The summed E-state index contributed by atoms with van der Waals surface area (Å²) in [4.78, 5) is 37.6. The number of nitrogens with zero attached hydrogens (tertiary/aromatic N) is 3. The average Bonchev–Trinajstić information content (AvgIpc) is 3.18. The Hall–Kier alpha value is -4.26. The van der Waals surface area contributed by atoms with Gasteiger partial charge in [0.1, 0.15) is 5.82 Å². The molecule has 0 bridgehead atoms. The van der Waals surface area contributed by atoms with E-state index >= 15 is 0 Å². The van der Waals surface area contributed by atoms with Crippen LogP contribution in [0.2, 0.25) is 0 Å². The van der Waals surface area contributed by atoms with Gasteiger partial charge in [0.25, 0.3) is 5.91 Å². The molecule has 0 radical (unpaired) electrons. The molecule has 4 aromatic rings. The maximum Gasteiger partial charge on any atom is 0.353 e. The largest absolute Gasteiger partial charge is 0.478 e. The van der Waals surface area contributed by atoms with Crippen molar-refractivity contribution < 1.29 is 14.7 Å². The molecule has 35 heavy (non-hydrogen) atoms. The fraction of sp³-hybridized carbons (Fsp3) is 0.214. The number of unbranched alkanes of at least 4 members (excludes halogenated alkanes) is 1. The molecule has 0 aliphatic carbocycles. The third kappa shape index (κ3) is 5.46. The highest BCUT2D eigenvalue weighted by molar-refractivity contribution is 5.96. The van der Waals surface area contributed by atoms with E-state index in [-0.39, 0.29) is 24.4 Å². The normalized spacial score (nSPS) is 10.9. The third-order valence-electron chi connectivity index (χ3n) is 5.89. The zero-order valence-electron chi connectivity index (χ0n) is 19.6. The van der Waals surface area contributed by atoms with Crippen molar-refractivity contribution in [3.8, 4) is 11.1 Å². The van der Waals surface area contributed by atoms with Gasteiger partial charge < -0.3 is 5.11 Å². The van der Waals surface area contributed by atoms with E-state index in [2.05, 4.69) is 12.0 Å². The number of carbonyl (C=O) groups excluding carboxylic acids is 1. The van der Waals surface area contributed by atoms with E-state index in [1.54, 1.807) is 28.8 Å². The van der Waals surface area contributed by atoms with E-state index in [0.29, 0.717) is 17.8 Å². The van der Waals surface area contributed by atoms with E-state index < -0.39 is 11.7 Å². The lowest BCUT2D eigenvalue weighted by atomic mass is 9.99. The van der Waals surface area contributed by atoms with Crippen molar-refractivity contribution in [1.82, 2.24) is 14.3 Å². The van der Waals surface area contributed by atoms with Gasteiger partial charge in [0.15, 0.2) is 0 Å². The second-order valence-corrected chi connectivity index (χ2v) is 8.40. The van der Waals surface area contributed by atoms with E-state index in [0.717, 1.165) is 34.2 Å². The lowest BCUT2D eigenvalue weighted by Gasteiger charge is -2.09. The van der Waals surface area contributed by atoms with Crippen molar-refractivity contribution in [2.24, 2.45) is 0 Å². The van der Waals surface area contributed by atoms with Gasteiger partial charge in [0.2, 0.25) is 0 Å². The predicted octanol–water partition coefficient (Wildman–Crippen LogP) is 4.68. The smallest absolute Gasteiger partial charge is 0.353 e. The Bertz CT molecular complexity index is 1390. The van der Waals surface area contributed by atoms with Crippen LogP contribution < -0.4 is 5.69 Å². The summed E-state index contributed by atoms with van der Waals surface area (Å²) in [5, 5.41) is 13.9. The summed E-state index contributed by atoms with van der Waals surface area (Å²) in [6.07, 6.45) is 2.50. The summed E-state index contributed by atoms with van der Waals surface area (Å²) in [7, 11) is 0. The number of carboxylic acid groups (broad SMARTS) is 1. The fourth-order valence-electron chi connectivity index (χ4n) is 4.02. The highest BCUT2D eigenvalue weighted by Gasteiger charge is 2.19. The van der Waals surface area contributed by atoms with E-state index in [1.165, 1.54) is 0 Å². The minimum absolute atomic E-state index is 0.0999. The Morgan fingerprint density at radius 2 is 1.57 bits per heavy atom. The number of aromatic carboxylic acids is 1. The number of hydrogen-bond acceptors (Lipinski definition) is 4. The van der Waals surface area contributed by atoms with E-state index in [1.807, 2.05) is 54.6 Å². The van der Waals surface area contributed by atoms with Gasteiger partial charge in [-0.15, -0.1) is 9.78 Å². The minimum atomic E-state index is -0.982. The van der Waals surface area contributed by atoms with Crippen LogP contribution in [0.1, 0.15) is 51.9 Å². The number of carbonyl (C=O) groups is 2. The molecule has 0 saturated carbocycles. The molecule has 1 aromatic heterocycles. The minimum Gasteiger partial charge on any atom is -0.478 e. The van der Waals surface area contributed by atoms with E-state index in [4.69, 9.17) is 0 Å². The number of carboxylic acids is 1. The summed E-state index contributed by atoms with van der Waals surface area (Å²) in [6.45, 7) is 2.34. The number of hydrogen-bond donors (Lipinski definition) is 1. The predicted molar refractivity (Wildman–Crippen MR) is 134 cm³/mol. The number of aromatic nitrogens is 3. The Labute approximate surface area is 203 Å². The van der Waals surface area contributed by atoms with Crippen LogP contribution in [0.15, 0.2) is 83.7 Å². The molecule has 7 heteroatoms. The molecule has 1 N–H and O–H groups in total. The van der Waals surface area contributed by atoms with Crippen LogP contribution in [-0.2, 0) is 19.4 Å². The molecule has 0 spiro atoms. The Morgan fingerprint density at radius 1 is 0.886 bits per heavy atom. The van der Waals surface area contributed by atoms with Gasteiger partial charge in [-0.3, -0.25) is 9.36 Å². The maximum absolute atomic E-state index is 13.2. The topological polar surface area (TPSA) is 94.2 Å². The first-order chi connectivity index (χ1) is 17.0. The Morgan fingerprint density at radius 3 is 2.26 bits per heavy atom. The second kappa shape index (κ2) is 10.8. The van der Waals surface area contributed by atoms with Crippen molar-refractivity contribution >= 4 is 11.9 Å². The number of rotatable bonds is 9. The Kier molecular flexibility index (Phi) is 7.35. The molecule has 0 saturated heterocycles. The lowest BCUT2D eigenvalue weighted by molar-refractivity contribution is 0.0697. The molecule has 1 heterocycles. The molecular weight excluding hydrogens is 442 g/mol. The summed E-state index contributed by atoms with van der Waals surface area (Å²) in [5.74, 6) is -0.763. The monoisotopic (exact) mass is 469 g/mol. The first-order valence-electron chi connectivity index (χ1n) is 11.7. The third-order valence-corrected chi connectivity index (χ3v) is 5.89. The molecule has 0 unspecified atom stereocenters. The SMILES string of the molecule is CCCCc1nn(C(=O)Cc2ccccc2)c(=O)n1Cc1ccc(-c2ccccc2C(=O)O)cc1. The van der Waals surface area contributed by atoms with Crippen LogP contribution in [0.25, 0.3) is 11.1 Å². The molecule has 0 fully saturated rings. The second-order valence-electron chi connectivity index (χ2n) is 8.40. The maximum atomic E-state index is 13.2. The number of benzene rings is 3. The molecule has 3 aromatic carbocycles. The first kappa shape index (κ1) is 23.9. The standard InChI is InChI=1S/C28H27N3O4/c1-2-3-13-25-29-31(26(32)18-20-9-5-4-6-10-20)28(35)30(25)19-21-14-16-22(17-15-21)23-11-7-8-12-24(23)27(33)34/h4-12,14-17H,2-3,13,18-19H2,1H3,(H,33,34). The van der Waals surface area contributed by atoms with Gasteiger partial charge in [-0.25, -0.2) is 9.59 Å².